The third kappa shape index (κ3) is 3.60. The lowest BCUT2D eigenvalue weighted by Crippen LogP contribution is -2.13. The second-order valence-corrected chi connectivity index (χ2v) is 7.60. The highest BCUT2D eigenvalue weighted by atomic mass is 127. The van der Waals surface area contributed by atoms with Gasteiger partial charge in [-0.3, -0.25) is 4.79 Å². The largest absolute Gasteiger partial charge is 0.436 e. The van der Waals surface area contributed by atoms with Crippen molar-refractivity contribution < 1.29 is 9.21 Å². The Hall–Kier alpha value is -2.67. The topological polar surface area (TPSA) is 55.1 Å². The molecule has 0 spiro atoms. The molecule has 5 heteroatoms. The Bertz CT molecular complexity index is 1160. The number of fused-ring (bicyclic) bond motifs is 1. The highest BCUT2D eigenvalue weighted by molar-refractivity contribution is 14.1. The predicted octanol–water partition coefficient (Wildman–Crippen LogP) is 5.97. The van der Waals surface area contributed by atoms with Crippen LogP contribution in [0, 0.1) is 17.4 Å². The third-order valence-electron chi connectivity index (χ3n) is 4.52. The van der Waals surface area contributed by atoms with Gasteiger partial charge in [0.2, 0.25) is 5.89 Å². The van der Waals surface area contributed by atoms with Crippen LogP contribution in [-0.4, -0.2) is 10.9 Å². The lowest BCUT2D eigenvalue weighted by atomic mass is 10.1. The van der Waals surface area contributed by atoms with Crippen LogP contribution in [0.15, 0.2) is 65.1 Å². The molecule has 1 aromatic heterocycles. The normalized spacial score (nSPS) is 10.9. The number of carbonyl (C=O) groups excluding carboxylic acids is 1. The highest BCUT2D eigenvalue weighted by Crippen LogP contribution is 2.27. The first-order valence-electron chi connectivity index (χ1n) is 8.55. The number of halogens is 1. The van der Waals surface area contributed by atoms with Gasteiger partial charge in [-0.2, -0.15) is 0 Å². The number of amides is 1. The summed E-state index contributed by atoms with van der Waals surface area (Å²) in [5.41, 5.74) is 6.11. The molecule has 4 aromatic rings. The summed E-state index contributed by atoms with van der Waals surface area (Å²) in [6.07, 6.45) is 0. The molecule has 0 radical (unpaired) electrons. The maximum atomic E-state index is 12.5. The van der Waals surface area contributed by atoms with Crippen molar-refractivity contribution in [1.29, 1.82) is 0 Å². The summed E-state index contributed by atoms with van der Waals surface area (Å²) in [6, 6.07) is 19.1. The Morgan fingerprint density at radius 1 is 1.00 bits per heavy atom. The average Bonchev–Trinajstić information content (AvgIpc) is 3.07. The van der Waals surface area contributed by atoms with E-state index in [0.29, 0.717) is 28.2 Å². The highest BCUT2D eigenvalue weighted by Gasteiger charge is 2.12. The Kier molecular flexibility index (Phi) is 4.70. The zero-order chi connectivity index (χ0) is 19.0. The van der Waals surface area contributed by atoms with E-state index in [9.17, 15) is 4.79 Å². The lowest BCUT2D eigenvalue weighted by Gasteiger charge is -2.06. The van der Waals surface area contributed by atoms with Gasteiger partial charge in [-0.05, 0) is 90.0 Å². The minimum atomic E-state index is -0.141. The summed E-state index contributed by atoms with van der Waals surface area (Å²) in [4.78, 5) is 17.1. The first-order chi connectivity index (χ1) is 13.0. The number of nitrogens with one attached hydrogen (secondary N) is 1. The molecule has 3 aromatic carbocycles. The Morgan fingerprint density at radius 2 is 1.81 bits per heavy atom. The van der Waals surface area contributed by atoms with Crippen LogP contribution in [-0.2, 0) is 0 Å². The van der Waals surface area contributed by atoms with Gasteiger partial charge in [0.25, 0.3) is 5.91 Å². The first kappa shape index (κ1) is 17.7. The van der Waals surface area contributed by atoms with Crippen LogP contribution in [0.1, 0.15) is 21.5 Å². The number of oxazole rings is 1. The zero-order valence-corrected chi connectivity index (χ0v) is 17.1. The summed E-state index contributed by atoms with van der Waals surface area (Å²) < 4.78 is 6.80. The van der Waals surface area contributed by atoms with Crippen molar-refractivity contribution in [2.45, 2.75) is 13.8 Å². The molecule has 0 aliphatic carbocycles. The molecule has 0 aliphatic heterocycles. The molecule has 0 bridgehead atoms. The van der Waals surface area contributed by atoms with Crippen LogP contribution in [0.25, 0.3) is 22.6 Å². The van der Waals surface area contributed by atoms with E-state index >= 15 is 0 Å². The maximum Gasteiger partial charge on any atom is 0.256 e. The molecule has 0 atom stereocenters. The molecule has 0 saturated carbocycles. The Balaban J connectivity index is 1.64. The molecule has 134 valence electrons. The predicted molar refractivity (Wildman–Crippen MR) is 116 cm³/mol. The van der Waals surface area contributed by atoms with E-state index in [2.05, 4.69) is 58.9 Å². The fourth-order valence-corrected chi connectivity index (χ4v) is 3.48. The number of nitrogens with zero attached hydrogens (tertiary/aromatic N) is 1. The van der Waals surface area contributed by atoms with Crippen molar-refractivity contribution in [1.82, 2.24) is 4.98 Å². The summed E-state index contributed by atoms with van der Waals surface area (Å²) in [6.45, 7) is 4.15. The monoisotopic (exact) mass is 468 g/mol. The van der Waals surface area contributed by atoms with E-state index in [1.165, 1.54) is 11.1 Å². The van der Waals surface area contributed by atoms with Crippen LogP contribution in [0.5, 0.6) is 0 Å². The van der Waals surface area contributed by atoms with Gasteiger partial charge in [0.1, 0.15) is 5.52 Å². The fourth-order valence-electron chi connectivity index (χ4n) is 2.85. The van der Waals surface area contributed by atoms with Crippen molar-refractivity contribution in [3.63, 3.8) is 0 Å². The molecule has 1 N–H and O–H groups in total. The molecule has 4 rings (SSSR count). The molecule has 27 heavy (non-hydrogen) atoms. The van der Waals surface area contributed by atoms with Crippen LogP contribution in [0.3, 0.4) is 0 Å². The van der Waals surface area contributed by atoms with Crippen molar-refractivity contribution in [2.24, 2.45) is 0 Å². The summed E-state index contributed by atoms with van der Waals surface area (Å²) in [5.74, 6) is 0.436. The van der Waals surface area contributed by atoms with Gasteiger partial charge in [0, 0.05) is 14.8 Å². The molecule has 0 fully saturated rings. The van der Waals surface area contributed by atoms with Gasteiger partial charge in [0.05, 0.1) is 5.56 Å². The molecule has 1 heterocycles. The van der Waals surface area contributed by atoms with Crippen LogP contribution >= 0.6 is 22.6 Å². The summed E-state index contributed by atoms with van der Waals surface area (Å²) in [7, 11) is 0. The van der Waals surface area contributed by atoms with E-state index in [1.54, 1.807) is 0 Å². The number of anilines is 1. The smallest absolute Gasteiger partial charge is 0.256 e. The standard InChI is InChI=1S/C22H17IN2O2/c1-13-7-8-15(11-14(13)2)22-25-19-12-16(9-10-20(19)27-22)24-21(26)17-5-3-4-6-18(17)23/h3-12H,1-2H3,(H,24,26). The Morgan fingerprint density at radius 3 is 2.59 bits per heavy atom. The SMILES string of the molecule is Cc1ccc(-c2nc3cc(NC(=O)c4ccccc4I)ccc3o2)cc1C. The van der Waals surface area contributed by atoms with Crippen molar-refractivity contribution in [3.05, 3.63) is 80.9 Å². The quantitative estimate of drug-likeness (QED) is 0.377. The van der Waals surface area contributed by atoms with E-state index < -0.39 is 0 Å². The van der Waals surface area contributed by atoms with E-state index in [4.69, 9.17) is 4.42 Å². The fraction of sp³-hybridized carbons (Fsp3) is 0.0909. The molecular weight excluding hydrogens is 451 g/mol. The number of hydrogen-bond donors (Lipinski definition) is 1. The minimum absolute atomic E-state index is 0.141. The third-order valence-corrected chi connectivity index (χ3v) is 5.46. The minimum Gasteiger partial charge on any atom is -0.436 e. The molecule has 0 saturated heterocycles. The molecule has 0 aliphatic rings. The number of carbonyl (C=O) groups is 1. The van der Waals surface area contributed by atoms with Gasteiger partial charge >= 0.3 is 0 Å². The van der Waals surface area contributed by atoms with Gasteiger partial charge < -0.3 is 9.73 Å². The molecule has 0 unspecified atom stereocenters. The van der Waals surface area contributed by atoms with Gasteiger partial charge in [-0.25, -0.2) is 4.98 Å². The zero-order valence-electron chi connectivity index (χ0n) is 14.9. The van der Waals surface area contributed by atoms with Gasteiger partial charge in [-0.15, -0.1) is 0 Å². The molecule has 1 amide bonds. The number of aromatic nitrogens is 1. The van der Waals surface area contributed by atoms with Crippen molar-refractivity contribution in [2.75, 3.05) is 5.32 Å². The lowest BCUT2D eigenvalue weighted by molar-refractivity contribution is 0.102. The second-order valence-electron chi connectivity index (χ2n) is 6.43. The number of aryl methyl sites for hydroxylation is 2. The van der Waals surface area contributed by atoms with Crippen LogP contribution in [0.2, 0.25) is 0 Å². The first-order valence-corrected chi connectivity index (χ1v) is 9.63. The number of benzene rings is 3. The van der Waals surface area contributed by atoms with Crippen molar-refractivity contribution >= 4 is 45.3 Å². The number of rotatable bonds is 3. The van der Waals surface area contributed by atoms with Crippen LogP contribution < -0.4 is 5.32 Å². The molecular formula is C22H17IN2O2. The Labute approximate surface area is 170 Å². The van der Waals surface area contributed by atoms with E-state index in [0.717, 1.165) is 9.13 Å². The second kappa shape index (κ2) is 7.15. The van der Waals surface area contributed by atoms with E-state index in [-0.39, 0.29) is 5.91 Å². The molecule has 4 nitrogen and oxygen atoms in total. The van der Waals surface area contributed by atoms with Gasteiger partial charge in [0.15, 0.2) is 5.58 Å². The number of hydrogen-bond acceptors (Lipinski definition) is 3. The maximum absolute atomic E-state index is 12.5. The van der Waals surface area contributed by atoms with E-state index in [1.807, 2.05) is 48.5 Å². The average molecular weight is 468 g/mol. The summed E-state index contributed by atoms with van der Waals surface area (Å²) in [5, 5.41) is 2.93. The van der Waals surface area contributed by atoms with Crippen LogP contribution in [0.4, 0.5) is 5.69 Å². The van der Waals surface area contributed by atoms with Gasteiger partial charge in [-0.1, -0.05) is 18.2 Å². The van der Waals surface area contributed by atoms with Crippen molar-refractivity contribution in [3.8, 4) is 11.5 Å². The summed E-state index contributed by atoms with van der Waals surface area (Å²) >= 11 is 2.16.